The third kappa shape index (κ3) is 2.64. The molecule has 0 bridgehead atoms. The monoisotopic (exact) mass is 253 g/mol. The zero-order chi connectivity index (χ0) is 13.1. The van der Waals surface area contributed by atoms with Crippen LogP contribution in [0.3, 0.4) is 0 Å². The molecule has 1 heterocycles. The number of hydrogen-bond acceptors (Lipinski definition) is 2. The van der Waals surface area contributed by atoms with Gasteiger partial charge in [-0.15, -0.1) is 0 Å². The van der Waals surface area contributed by atoms with Gasteiger partial charge in [-0.05, 0) is 24.5 Å². The van der Waals surface area contributed by atoms with Crippen LogP contribution in [0.1, 0.15) is 30.1 Å². The summed E-state index contributed by atoms with van der Waals surface area (Å²) in [6.07, 6.45) is 1.56. The van der Waals surface area contributed by atoms with Gasteiger partial charge in [0.1, 0.15) is 0 Å². The number of aliphatic hydroxyl groups excluding tert-OH is 1. The average molecular weight is 253 g/mol. The summed E-state index contributed by atoms with van der Waals surface area (Å²) >= 11 is 0. The van der Waals surface area contributed by atoms with Gasteiger partial charge >= 0.3 is 0 Å². The maximum atomic E-state index is 10.2. The van der Waals surface area contributed by atoms with E-state index in [1.807, 2.05) is 18.2 Å². The van der Waals surface area contributed by atoms with Gasteiger partial charge in [0.25, 0.3) is 0 Å². The van der Waals surface area contributed by atoms with Gasteiger partial charge in [0.05, 0.1) is 6.10 Å². The lowest BCUT2D eigenvalue weighted by molar-refractivity contribution is 0.168. The van der Waals surface area contributed by atoms with Crippen molar-refractivity contribution < 1.29 is 5.11 Å². The largest absolute Gasteiger partial charge is 0.388 e. The van der Waals surface area contributed by atoms with Crippen molar-refractivity contribution in [1.82, 2.24) is 0 Å². The van der Waals surface area contributed by atoms with Crippen molar-refractivity contribution >= 4 is 5.69 Å². The molecule has 0 aromatic heterocycles. The topological polar surface area (TPSA) is 23.5 Å². The minimum Gasteiger partial charge on any atom is -0.388 e. The zero-order valence-corrected chi connectivity index (χ0v) is 11.0. The van der Waals surface area contributed by atoms with Gasteiger partial charge in [0.15, 0.2) is 0 Å². The molecular weight excluding hydrogens is 234 g/mol. The highest BCUT2D eigenvalue weighted by Crippen LogP contribution is 2.33. The van der Waals surface area contributed by atoms with E-state index in [0.717, 1.165) is 31.5 Å². The van der Waals surface area contributed by atoms with E-state index in [1.54, 1.807) is 0 Å². The number of benzene rings is 2. The maximum Gasteiger partial charge on any atom is 0.0810 e. The fourth-order valence-electron chi connectivity index (χ4n) is 2.78. The molecular formula is C17H19NO. The molecule has 0 spiro atoms. The van der Waals surface area contributed by atoms with Gasteiger partial charge in [-0.25, -0.2) is 0 Å². The summed E-state index contributed by atoms with van der Waals surface area (Å²) in [4.78, 5) is 2.38. The Balaban J connectivity index is 1.91. The number of hydrogen-bond donors (Lipinski definition) is 1. The standard InChI is InChI=1S/C17H19NO/c19-17-11-6-12-18(13-14-7-2-1-3-8-14)16-10-5-4-9-15(16)17/h1-5,7-10,17,19H,6,11-13H2/t17-/m0/s1. The Morgan fingerprint density at radius 1 is 1.00 bits per heavy atom. The Morgan fingerprint density at radius 3 is 2.58 bits per heavy atom. The first-order valence-electron chi connectivity index (χ1n) is 6.90. The Hall–Kier alpha value is -1.80. The van der Waals surface area contributed by atoms with Crippen LogP contribution < -0.4 is 4.90 Å². The molecule has 19 heavy (non-hydrogen) atoms. The highest BCUT2D eigenvalue weighted by molar-refractivity contribution is 5.55. The number of nitrogens with zero attached hydrogens (tertiary/aromatic N) is 1. The van der Waals surface area contributed by atoms with Gasteiger partial charge in [0.2, 0.25) is 0 Å². The van der Waals surface area contributed by atoms with Crippen LogP contribution in [0.4, 0.5) is 5.69 Å². The minimum absolute atomic E-state index is 0.322. The van der Waals surface area contributed by atoms with Gasteiger partial charge in [-0.3, -0.25) is 0 Å². The average Bonchev–Trinajstić information content (AvgIpc) is 2.61. The molecule has 2 aromatic rings. The Kier molecular flexibility index (Phi) is 3.51. The lowest BCUT2D eigenvalue weighted by Crippen LogP contribution is -2.23. The molecule has 3 rings (SSSR count). The molecule has 2 nitrogen and oxygen atoms in total. The molecule has 98 valence electrons. The summed E-state index contributed by atoms with van der Waals surface area (Å²) in [5.74, 6) is 0. The summed E-state index contributed by atoms with van der Waals surface area (Å²) in [7, 11) is 0. The van der Waals surface area contributed by atoms with Crippen molar-refractivity contribution in [3.63, 3.8) is 0 Å². The maximum absolute atomic E-state index is 10.2. The second kappa shape index (κ2) is 5.45. The second-order valence-electron chi connectivity index (χ2n) is 5.12. The highest BCUT2D eigenvalue weighted by atomic mass is 16.3. The third-order valence-corrected chi connectivity index (χ3v) is 3.76. The van der Waals surface area contributed by atoms with Crippen LogP contribution in [0.15, 0.2) is 54.6 Å². The fourth-order valence-corrected chi connectivity index (χ4v) is 2.78. The Morgan fingerprint density at radius 2 is 1.74 bits per heavy atom. The fraction of sp³-hybridized carbons (Fsp3) is 0.294. The molecule has 0 saturated heterocycles. The van der Waals surface area contributed by atoms with Crippen LogP contribution in [0.5, 0.6) is 0 Å². The molecule has 0 aliphatic carbocycles. The normalized spacial score (nSPS) is 18.8. The van der Waals surface area contributed by atoms with E-state index < -0.39 is 0 Å². The first-order chi connectivity index (χ1) is 9.34. The second-order valence-corrected chi connectivity index (χ2v) is 5.12. The third-order valence-electron chi connectivity index (χ3n) is 3.76. The highest BCUT2D eigenvalue weighted by Gasteiger charge is 2.20. The van der Waals surface area contributed by atoms with Gasteiger partial charge in [-0.2, -0.15) is 0 Å². The SMILES string of the molecule is O[C@H]1CCCN(Cc2ccccc2)c2ccccc21. The summed E-state index contributed by atoms with van der Waals surface area (Å²) < 4.78 is 0. The number of para-hydroxylation sites is 1. The molecule has 0 fully saturated rings. The first-order valence-corrected chi connectivity index (χ1v) is 6.90. The molecule has 0 unspecified atom stereocenters. The van der Waals surface area contributed by atoms with E-state index in [9.17, 15) is 5.11 Å². The molecule has 1 aliphatic heterocycles. The predicted octanol–water partition coefficient (Wildman–Crippen LogP) is 3.52. The van der Waals surface area contributed by atoms with Crippen molar-refractivity contribution in [1.29, 1.82) is 0 Å². The van der Waals surface area contributed by atoms with Gasteiger partial charge in [0, 0.05) is 24.3 Å². The number of anilines is 1. The lowest BCUT2D eigenvalue weighted by Gasteiger charge is -2.25. The van der Waals surface area contributed by atoms with Gasteiger partial charge < -0.3 is 10.0 Å². The van der Waals surface area contributed by atoms with Crippen molar-refractivity contribution in [3.05, 3.63) is 65.7 Å². The van der Waals surface area contributed by atoms with Gasteiger partial charge in [-0.1, -0.05) is 48.5 Å². The molecule has 2 heteroatoms. The van der Waals surface area contributed by atoms with E-state index in [2.05, 4.69) is 41.3 Å². The van der Waals surface area contributed by atoms with Crippen molar-refractivity contribution in [2.24, 2.45) is 0 Å². The molecule has 0 saturated carbocycles. The van der Waals surface area contributed by atoms with E-state index in [0.29, 0.717) is 0 Å². The molecule has 1 N–H and O–H groups in total. The number of rotatable bonds is 2. The van der Waals surface area contributed by atoms with E-state index in [1.165, 1.54) is 11.3 Å². The van der Waals surface area contributed by atoms with Crippen LogP contribution in [0.25, 0.3) is 0 Å². The molecule has 0 radical (unpaired) electrons. The number of aliphatic hydroxyl groups is 1. The summed E-state index contributed by atoms with van der Waals surface area (Å²) in [6.45, 7) is 1.91. The van der Waals surface area contributed by atoms with Crippen molar-refractivity contribution in [2.45, 2.75) is 25.5 Å². The molecule has 1 aliphatic rings. The quantitative estimate of drug-likeness (QED) is 0.885. The summed E-state index contributed by atoms with van der Waals surface area (Å²) in [6, 6.07) is 18.7. The van der Waals surface area contributed by atoms with Crippen LogP contribution in [0, 0.1) is 0 Å². The van der Waals surface area contributed by atoms with E-state index in [-0.39, 0.29) is 6.10 Å². The predicted molar refractivity (Wildman–Crippen MR) is 78.1 cm³/mol. The number of fused-ring (bicyclic) bond motifs is 1. The van der Waals surface area contributed by atoms with Crippen LogP contribution in [-0.4, -0.2) is 11.7 Å². The van der Waals surface area contributed by atoms with Crippen LogP contribution in [0.2, 0.25) is 0 Å². The van der Waals surface area contributed by atoms with Crippen molar-refractivity contribution in [3.8, 4) is 0 Å². The molecule has 0 amide bonds. The van der Waals surface area contributed by atoms with E-state index >= 15 is 0 Å². The first kappa shape index (κ1) is 12.2. The minimum atomic E-state index is -0.322. The Bertz CT molecular complexity index is 538. The lowest BCUT2D eigenvalue weighted by atomic mass is 10.0. The smallest absolute Gasteiger partial charge is 0.0810 e. The van der Waals surface area contributed by atoms with Crippen LogP contribution >= 0.6 is 0 Å². The zero-order valence-electron chi connectivity index (χ0n) is 11.0. The molecule has 1 atom stereocenters. The summed E-state index contributed by atoms with van der Waals surface area (Å²) in [5, 5.41) is 10.2. The van der Waals surface area contributed by atoms with Crippen LogP contribution in [-0.2, 0) is 6.54 Å². The van der Waals surface area contributed by atoms with E-state index in [4.69, 9.17) is 0 Å². The summed E-state index contributed by atoms with van der Waals surface area (Å²) in [5.41, 5.74) is 3.56. The molecule has 2 aromatic carbocycles. The Labute approximate surface area is 114 Å². The van der Waals surface area contributed by atoms with Crippen molar-refractivity contribution in [2.75, 3.05) is 11.4 Å².